The summed E-state index contributed by atoms with van der Waals surface area (Å²) < 4.78 is 5.03. The molecule has 0 aliphatic rings. The standard InChI is InChI=1S/C13H16O3/c1-10(2)5-7-12(14)13(15)8-6-11-4-3-9-16-11/h3-6,8-9,12,14H,7H2,1-2H3/b8-6+. The van der Waals surface area contributed by atoms with E-state index in [1.807, 2.05) is 19.9 Å². The molecule has 0 fully saturated rings. The minimum Gasteiger partial charge on any atom is -0.465 e. The maximum atomic E-state index is 11.4. The SMILES string of the molecule is CC(C)=CCC(O)C(=O)/C=C/c1ccco1. The van der Waals surface area contributed by atoms with Crippen LogP contribution >= 0.6 is 0 Å². The molecule has 0 spiro atoms. The molecule has 1 unspecified atom stereocenters. The maximum Gasteiger partial charge on any atom is 0.184 e. The summed E-state index contributed by atoms with van der Waals surface area (Å²) in [6.07, 6.45) is 5.63. The number of allylic oxidation sites excluding steroid dienone is 1. The van der Waals surface area contributed by atoms with Crippen LogP contribution in [0.25, 0.3) is 6.08 Å². The average molecular weight is 220 g/mol. The Balaban J connectivity index is 2.49. The van der Waals surface area contributed by atoms with Crippen LogP contribution in [0.15, 0.2) is 40.5 Å². The summed E-state index contributed by atoms with van der Waals surface area (Å²) in [4.78, 5) is 11.4. The largest absolute Gasteiger partial charge is 0.465 e. The van der Waals surface area contributed by atoms with Crippen molar-refractivity contribution >= 4 is 11.9 Å². The molecular weight excluding hydrogens is 204 g/mol. The van der Waals surface area contributed by atoms with Crippen LogP contribution < -0.4 is 0 Å². The lowest BCUT2D eigenvalue weighted by molar-refractivity contribution is -0.122. The van der Waals surface area contributed by atoms with Crippen LogP contribution in [0.1, 0.15) is 26.0 Å². The number of hydrogen-bond donors (Lipinski definition) is 1. The summed E-state index contributed by atoms with van der Waals surface area (Å²) in [6.45, 7) is 3.85. The lowest BCUT2D eigenvalue weighted by Crippen LogP contribution is -2.16. The highest BCUT2D eigenvalue weighted by molar-refractivity contribution is 5.96. The van der Waals surface area contributed by atoms with E-state index in [9.17, 15) is 9.90 Å². The Labute approximate surface area is 95.1 Å². The van der Waals surface area contributed by atoms with Crippen LogP contribution in [0, 0.1) is 0 Å². The number of carbonyl (C=O) groups excluding carboxylic acids is 1. The number of ketones is 1. The van der Waals surface area contributed by atoms with Crippen LogP contribution in [-0.2, 0) is 4.79 Å². The number of carbonyl (C=O) groups is 1. The summed E-state index contributed by atoms with van der Waals surface area (Å²) in [5.74, 6) is 0.289. The number of hydrogen-bond acceptors (Lipinski definition) is 3. The molecule has 86 valence electrons. The number of aliphatic hydroxyl groups excluding tert-OH is 1. The molecule has 0 aromatic carbocycles. The molecule has 0 bridgehead atoms. The van der Waals surface area contributed by atoms with Crippen LogP contribution in [0.2, 0.25) is 0 Å². The fourth-order valence-corrected chi connectivity index (χ4v) is 1.12. The first-order valence-electron chi connectivity index (χ1n) is 5.16. The number of rotatable bonds is 5. The Morgan fingerprint density at radius 3 is 2.88 bits per heavy atom. The van der Waals surface area contributed by atoms with E-state index in [1.54, 1.807) is 18.2 Å². The van der Waals surface area contributed by atoms with E-state index in [0.29, 0.717) is 12.2 Å². The highest BCUT2D eigenvalue weighted by Crippen LogP contribution is 2.05. The smallest absolute Gasteiger partial charge is 0.184 e. The highest BCUT2D eigenvalue weighted by Gasteiger charge is 2.09. The van der Waals surface area contributed by atoms with Crippen molar-refractivity contribution in [3.8, 4) is 0 Å². The third-order valence-electron chi connectivity index (χ3n) is 2.03. The van der Waals surface area contributed by atoms with Crippen molar-refractivity contribution in [1.29, 1.82) is 0 Å². The average Bonchev–Trinajstić information content (AvgIpc) is 2.75. The first-order chi connectivity index (χ1) is 7.59. The molecule has 3 nitrogen and oxygen atoms in total. The van der Waals surface area contributed by atoms with Gasteiger partial charge in [0.1, 0.15) is 11.9 Å². The van der Waals surface area contributed by atoms with Crippen molar-refractivity contribution in [2.75, 3.05) is 0 Å². The molecule has 1 rings (SSSR count). The van der Waals surface area contributed by atoms with Gasteiger partial charge in [-0.2, -0.15) is 0 Å². The zero-order chi connectivity index (χ0) is 12.0. The summed E-state index contributed by atoms with van der Waals surface area (Å²) in [6, 6.07) is 3.48. The topological polar surface area (TPSA) is 50.4 Å². The summed E-state index contributed by atoms with van der Waals surface area (Å²) >= 11 is 0. The molecule has 1 N–H and O–H groups in total. The van der Waals surface area contributed by atoms with E-state index in [2.05, 4.69) is 0 Å². The van der Waals surface area contributed by atoms with Gasteiger partial charge in [-0.3, -0.25) is 4.79 Å². The van der Waals surface area contributed by atoms with Gasteiger partial charge in [-0.25, -0.2) is 0 Å². The van der Waals surface area contributed by atoms with Gasteiger partial charge < -0.3 is 9.52 Å². The van der Waals surface area contributed by atoms with Crippen LogP contribution in [0.3, 0.4) is 0 Å². The molecule has 3 heteroatoms. The fourth-order valence-electron chi connectivity index (χ4n) is 1.12. The molecule has 0 amide bonds. The molecule has 16 heavy (non-hydrogen) atoms. The lowest BCUT2D eigenvalue weighted by Gasteiger charge is -2.02. The van der Waals surface area contributed by atoms with Gasteiger partial charge >= 0.3 is 0 Å². The summed E-state index contributed by atoms with van der Waals surface area (Å²) in [5.41, 5.74) is 1.09. The third kappa shape index (κ3) is 4.28. The predicted octanol–water partition coefficient (Wildman–Crippen LogP) is 2.58. The highest BCUT2D eigenvalue weighted by atomic mass is 16.3. The maximum absolute atomic E-state index is 11.4. The zero-order valence-corrected chi connectivity index (χ0v) is 9.51. The van der Waals surface area contributed by atoms with E-state index in [0.717, 1.165) is 5.57 Å². The van der Waals surface area contributed by atoms with Gasteiger partial charge in [-0.15, -0.1) is 0 Å². The van der Waals surface area contributed by atoms with Crippen molar-refractivity contribution in [3.63, 3.8) is 0 Å². The second-order valence-corrected chi connectivity index (χ2v) is 3.78. The first kappa shape index (κ1) is 12.5. The van der Waals surface area contributed by atoms with Crippen LogP contribution in [0.4, 0.5) is 0 Å². The van der Waals surface area contributed by atoms with Gasteiger partial charge in [0.2, 0.25) is 0 Å². The van der Waals surface area contributed by atoms with Crippen molar-refractivity contribution in [3.05, 3.63) is 41.9 Å². The van der Waals surface area contributed by atoms with Crippen molar-refractivity contribution < 1.29 is 14.3 Å². The van der Waals surface area contributed by atoms with Crippen LogP contribution in [0.5, 0.6) is 0 Å². The summed E-state index contributed by atoms with van der Waals surface area (Å²) in [7, 11) is 0. The van der Waals surface area contributed by atoms with Crippen molar-refractivity contribution in [1.82, 2.24) is 0 Å². The molecule has 1 heterocycles. The Kier molecular flexibility index (Phi) is 4.73. The molecule has 0 radical (unpaired) electrons. The van der Waals surface area contributed by atoms with Gasteiger partial charge in [-0.05, 0) is 44.6 Å². The van der Waals surface area contributed by atoms with Crippen molar-refractivity contribution in [2.45, 2.75) is 26.4 Å². The van der Waals surface area contributed by atoms with Gasteiger partial charge in [0.25, 0.3) is 0 Å². The van der Waals surface area contributed by atoms with E-state index >= 15 is 0 Å². The second kappa shape index (κ2) is 6.08. The van der Waals surface area contributed by atoms with Gasteiger partial charge in [0.15, 0.2) is 5.78 Å². The van der Waals surface area contributed by atoms with Crippen LogP contribution in [-0.4, -0.2) is 17.0 Å². The van der Waals surface area contributed by atoms with E-state index in [4.69, 9.17) is 4.42 Å². The predicted molar refractivity (Wildman–Crippen MR) is 62.8 cm³/mol. The molecule has 0 aliphatic carbocycles. The summed E-state index contributed by atoms with van der Waals surface area (Å²) in [5, 5.41) is 9.52. The van der Waals surface area contributed by atoms with Gasteiger partial charge in [0.05, 0.1) is 6.26 Å². The Morgan fingerprint density at radius 2 is 2.31 bits per heavy atom. The second-order valence-electron chi connectivity index (χ2n) is 3.78. The molecule has 1 atom stereocenters. The molecular formula is C13H16O3. The monoisotopic (exact) mass is 220 g/mol. The van der Waals surface area contributed by atoms with Gasteiger partial charge in [-0.1, -0.05) is 11.6 Å². The lowest BCUT2D eigenvalue weighted by atomic mass is 10.1. The quantitative estimate of drug-likeness (QED) is 0.613. The minimum atomic E-state index is -0.971. The van der Waals surface area contributed by atoms with E-state index in [1.165, 1.54) is 12.3 Å². The Morgan fingerprint density at radius 1 is 1.56 bits per heavy atom. The molecule has 1 aromatic rings. The Bertz CT molecular complexity index is 381. The van der Waals surface area contributed by atoms with E-state index in [-0.39, 0.29) is 5.78 Å². The molecule has 0 aliphatic heterocycles. The third-order valence-corrected chi connectivity index (χ3v) is 2.03. The molecule has 1 aromatic heterocycles. The Hall–Kier alpha value is -1.61. The zero-order valence-electron chi connectivity index (χ0n) is 9.51. The number of furan rings is 1. The number of aliphatic hydroxyl groups is 1. The van der Waals surface area contributed by atoms with Gasteiger partial charge in [0, 0.05) is 0 Å². The van der Waals surface area contributed by atoms with E-state index < -0.39 is 6.10 Å². The normalized spacial score (nSPS) is 12.7. The fraction of sp³-hybridized carbons (Fsp3) is 0.308. The molecule has 0 saturated heterocycles. The first-order valence-corrected chi connectivity index (χ1v) is 5.16. The molecule has 0 saturated carbocycles. The minimum absolute atomic E-state index is 0.311. The van der Waals surface area contributed by atoms with Crippen molar-refractivity contribution in [2.24, 2.45) is 0 Å².